The topological polar surface area (TPSA) is 35.2 Å². The van der Waals surface area contributed by atoms with E-state index in [2.05, 4.69) is 26.5 Å². The molecule has 2 nitrogen and oxygen atoms in total. The maximum Gasteiger partial charge on any atom is 0.0624 e. The highest BCUT2D eigenvalue weighted by Crippen LogP contribution is 2.33. The molecule has 3 heteroatoms. The summed E-state index contributed by atoms with van der Waals surface area (Å²) in [7, 11) is 0. The molecule has 0 spiro atoms. The molecule has 0 bridgehead atoms. The van der Waals surface area contributed by atoms with Crippen LogP contribution >= 0.6 is 12.6 Å². The van der Waals surface area contributed by atoms with Crippen LogP contribution in [0.15, 0.2) is 0 Å². The molecule has 1 saturated heterocycles. The van der Waals surface area contributed by atoms with Crippen molar-refractivity contribution in [3.05, 3.63) is 0 Å². The second-order valence-electron chi connectivity index (χ2n) is 3.30. The molecule has 1 heterocycles. The van der Waals surface area contributed by atoms with Gasteiger partial charge in [0.2, 0.25) is 0 Å². The van der Waals surface area contributed by atoms with E-state index in [9.17, 15) is 0 Å². The maximum absolute atomic E-state index is 5.84. The summed E-state index contributed by atoms with van der Waals surface area (Å²) < 4.78 is 5.26. The average Bonchev–Trinajstić information content (AvgIpc) is 2.15. The number of ether oxygens (including phenoxy) is 1. The quantitative estimate of drug-likeness (QED) is 0.554. The number of hydrogen-bond donors (Lipinski definition) is 2. The Labute approximate surface area is 67.5 Å². The molecule has 0 aromatic carbocycles. The van der Waals surface area contributed by atoms with E-state index in [0.29, 0.717) is 11.9 Å². The van der Waals surface area contributed by atoms with Crippen molar-refractivity contribution in [3.63, 3.8) is 0 Å². The first kappa shape index (κ1) is 8.37. The van der Waals surface area contributed by atoms with Gasteiger partial charge in [-0.25, -0.2) is 0 Å². The van der Waals surface area contributed by atoms with Gasteiger partial charge in [-0.05, 0) is 0 Å². The van der Waals surface area contributed by atoms with E-state index in [0.717, 1.165) is 6.61 Å². The summed E-state index contributed by atoms with van der Waals surface area (Å²) in [6.07, 6.45) is 0. The third-order valence-electron chi connectivity index (χ3n) is 2.51. The van der Waals surface area contributed by atoms with E-state index in [1.54, 1.807) is 0 Å². The lowest BCUT2D eigenvalue weighted by molar-refractivity contribution is 0.160. The van der Waals surface area contributed by atoms with Crippen molar-refractivity contribution >= 4 is 12.6 Å². The molecule has 0 aliphatic carbocycles. The van der Waals surface area contributed by atoms with Gasteiger partial charge in [-0.15, -0.1) is 0 Å². The van der Waals surface area contributed by atoms with Crippen molar-refractivity contribution in [2.75, 3.05) is 13.2 Å². The molecule has 60 valence electrons. The minimum Gasteiger partial charge on any atom is -0.379 e. The van der Waals surface area contributed by atoms with E-state index < -0.39 is 0 Å². The lowest BCUT2D eigenvalue weighted by Crippen LogP contribution is -2.43. The van der Waals surface area contributed by atoms with E-state index in [-0.39, 0.29) is 11.5 Å². The Bertz CT molecular complexity index is 129. The molecule has 1 aliphatic heterocycles. The Morgan fingerprint density at radius 2 is 2.40 bits per heavy atom. The molecule has 0 radical (unpaired) electrons. The summed E-state index contributed by atoms with van der Waals surface area (Å²) in [6, 6.07) is 0.153. The van der Waals surface area contributed by atoms with Gasteiger partial charge in [0.15, 0.2) is 0 Å². The molecule has 3 atom stereocenters. The molecule has 1 fully saturated rings. The molecule has 1 unspecified atom stereocenters. The molecular weight excluding hydrogens is 146 g/mol. The SMILES string of the molecule is C[C@H](S)C1(C)COC[C@H]1N. The normalized spacial score (nSPS) is 43.8. The molecule has 0 amide bonds. The molecular formula is C7H15NOS. The van der Waals surface area contributed by atoms with Gasteiger partial charge in [-0.1, -0.05) is 13.8 Å². The largest absolute Gasteiger partial charge is 0.379 e. The molecule has 2 N–H and O–H groups in total. The third-order valence-corrected chi connectivity index (χ3v) is 3.10. The number of thiol groups is 1. The fraction of sp³-hybridized carbons (Fsp3) is 1.00. The first-order valence-corrected chi connectivity index (χ1v) is 4.10. The van der Waals surface area contributed by atoms with Gasteiger partial charge >= 0.3 is 0 Å². The van der Waals surface area contributed by atoms with Gasteiger partial charge in [0, 0.05) is 16.7 Å². The van der Waals surface area contributed by atoms with Crippen molar-refractivity contribution in [1.29, 1.82) is 0 Å². The summed E-state index contributed by atoms with van der Waals surface area (Å²) in [5.41, 5.74) is 5.91. The van der Waals surface area contributed by atoms with Gasteiger partial charge in [0.05, 0.1) is 13.2 Å². The van der Waals surface area contributed by atoms with Crippen LogP contribution < -0.4 is 5.73 Å². The fourth-order valence-corrected chi connectivity index (χ4v) is 1.40. The minimum atomic E-state index is 0.0725. The highest BCUT2D eigenvalue weighted by Gasteiger charge is 2.40. The summed E-state index contributed by atoms with van der Waals surface area (Å²) in [5, 5.41) is 0.310. The Morgan fingerprint density at radius 3 is 2.60 bits per heavy atom. The summed E-state index contributed by atoms with van der Waals surface area (Å²) in [6.45, 7) is 5.63. The lowest BCUT2D eigenvalue weighted by Gasteiger charge is -2.30. The maximum atomic E-state index is 5.84. The van der Waals surface area contributed by atoms with Crippen molar-refractivity contribution in [3.8, 4) is 0 Å². The van der Waals surface area contributed by atoms with Crippen LogP contribution in [0.25, 0.3) is 0 Å². The monoisotopic (exact) mass is 161 g/mol. The smallest absolute Gasteiger partial charge is 0.0624 e. The van der Waals surface area contributed by atoms with Crippen LogP contribution in [0.2, 0.25) is 0 Å². The Morgan fingerprint density at radius 1 is 1.80 bits per heavy atom. The summed E-state index contributed by atoms with van der Waals surface area (Å²) >= 11 is 4.38. The summed E-state index contributed by atoms with van der Waals surface area (Å²) in [4.78, 5) is 0. The van der Waals surface area contributed by atoms with Crippen molar-refractivity contribution < 1.29 is 4.74 Å². The van der Waals surface area contributed by atoms with Gasteiger partial charge in [0.25, 0.3) is 0 Å². The Hall–Kier alpha value is 0.270. The van der Waals surface area contributed by atoms with Crippen LogP contribution in [0.1, 0.15) is 13.8 Å². The molecule has 1 rings (SSSR count). The molecule has 1 aliphatic rings. The first-order chi connectivity index (χ1) is 4.57. The van der Waals surface area contributed by atoms with Crippen molar-refractivity contribution in [2.24, 2.45) is 11.1 Å². The van der Waals surface area contributed by atoms with Gasteiger partial charge < -0.3 is 10.5 Å². The zero-order valence-corrected chi connectivity index (χ0v) is 7.40. The van der Waals surface area contributed by atoms with E-state index in [1.165, 1.54) is 0 Å². The van der Waals surface area contributed by atoms with Gasteiger partial charge in [-0.2, -0.15) is 12.6 Å². The molecule has 0 aromatic rings. The zero-order chi connectivity index (χ0) is 7.78. The minimum absolute atomic E-state index is 0.0725. The van der Waals surface area contributed by atoms with Crippen molar-refractivity contribution in [2.45, 2.75) is 25.1 Å². The standard InChI is InChI=1S/C7H15NOS/c1-5(10)7(2)4-9-3-6(7)8/h5-6,10H,3-4,8H2,1-2H3/t5-,6+,7?/m0/s1. The van der Waals surface area contributed by atoms with Gasteiger partial charge in [0.1, 0.15) is 0 Å². The zero-order valence-electron chi connectivity index (χ0n) is 6.50. The second-order valence-corrected chi connectivity index (χ2v) is 4.08. The van der Waals surface area contributed by atoms with Gasteiger partial charge in [-0.3, -0.25) is 0 Å². The second kappa shape index (κ2) is 2.72. The highest BCUT2D eigenvalue weighted by atomic mass is 32.1. The Kier molecular flexibility index (Phi) is 2.28. The van der Waals surface area contributed by atoms with Crippen LogP contribution in [0, 0.1) is 5.41 Å². The number of rotatable bonds is 1. The molecule has 0 aromatic heterocycles. The van der Waals surface area contributed by atoms with Crippen LogP contribution in [0.3, 0.4) is 0 Å². The highest BCUT2D eigenvalue weighted by molar-refractivity contribution is 7.81. The van der Waals surface area contributed by atoms with Crippen LogP contribution in [-0.4, -0.2) is 24.5 Å². The molecule has 0 saturated carbocycles. The summed E-state index contributed by atoms with van der Waals surface area (Å²) in [5.74, 6) is 0. The average molecular weight is 161 g/mol. The van der Waals surface area contributed by atoms with Crippen LogP contribution in [-0.2, 0) is 4.74 Å². The predicted octanol–water partition coefficient (Wildman–Crippen LogP) is 0.668. The van der Waals surface area contributed by atoms with Crippen LogP contribution in [0.4, 0.5) is 0 Å². The number of hydrogen-bond acceptors (Lipinski definition) is 3. The van der Waals surface area contributed by atoms with E-state index in [1.807, 2.05) is 0 Å². The first-order valence-electron chi connectivity index (χ1n) is 3.59. The predicted molar refractivity (Wildman–Crippen MR) is 45.3 cm³/mol. The third kappa shape index (κ3) is 1.18. The molecule has 10 heavy (non-hydrogen) atoms. The van der Waals surface area contributed by atoms with Crippen molar-refractivity contribution in [1.82, 2.24) is 0 Å². The van der Waals surface area contributed by atoms with Crippen LogP contribution in [0.5, 0.6) is 0 Å². The van der Waals surface area contributed by atoms with E-state index >= 15 is 0 Å². The Balaban J connectivity index is 2.66. The number of nitrogens with two attached hydrogens (primary N) is 1. The fourth-order valence-electron chi connectivity index (χ4n) is 1.13. The lowest BCUT2D eigenvalue weighted by atomic mass is 9.83. The van der Waals surface area contributed by atoms with E-state index in [4.69, 9.17) is 10.5 Å².